The van der Waals surface area contributed by atoms with E-state index in [-0.39, 0.29) is 19.2 Å². The van der Waals surface area contributed by atoms with E-state index >= 15 is 0 Å². The largest absolute Gasteiger partial charge is 0.465 e. The highest BCUT2D eigenvalue weighted by Gasteiger charge is 2.32. The predicted molar refractivity (Wildman–Crippen MR) is 49.4 cm³/mol. The lowest BCUT2D eigenvalue weighted by Gasteiger charge is -2.26. The van der Waals surface area contributed by atoms with E-state index in [1.165, 1.54) is 0 Å². The number of rotatable bonds is 5. The number of halogens is 3. The number of ether oxygens (including phenoxy) is 1. The molecule has 0 aliphatic rings. The van der Waals surface area contributed by atoms with Gasteiger partial charge in [0.2, 0.25) is 0 Å². The highest BCUT2D eigenvalue weighted by molar-refractivity contribution is 5.71. The Morgan fingerprint density at radius 1 is 1.40 bits per heavy atom. The minimum absolute atomic E-state index is 0.177. The molecule has 0 atom stereocenters. The molecular formula is C9H16F3NO2. The van der Waals surface area contributed by atoms with Gasteiger partial charge in [0.15, 0.2) is 0 Å². The Kier molecular flexibility index (Phi) is 5.64. The molecule has 0 rings (SSSR count). The SMILES string of the molecule is CCOC(=O)CN(CC(F)(F)F)C(C)C. The summed E-state index contributed by atoms with van der Waals surface area (Å²) in [6.45, 7) is 3.57. The molecule has 90 valence electrons. The minimum Gasteiger partial charge on any atom is -0.465 e. The number of nitrogens with zero attached hydrogens (tertiary/aromatic N) is 1. The quantitative estimate of drug-likeness (QED) is 0.671. The third-order valence-corrected chi connectivity index (χ3v) is 1.75. The number of esters is 1. The first-order valence-electron chi connectivity index (χ1n) is 4.72. The van der Waals surface area contributed by atoms with Crippen molar-refractivity contribution >= 4 is 5.97 Å². The van der Waals surface area contributed by atoms with Crippen LogP contribution in [0, 0.1) is 0 Å². The number of hydrogen-bond donors (Lipinski definition) is 0. The summed E-state index contributed by atoms with van der Waals surface area (Å²) < 4.78 is 40.9. The average molecular weight is 227 g/mol. The van der Waals surface area contributed by atoms with Crippen LogP contribution < -0.4 is 0 Å². The van der Waals surface area contributed by atoms with Crippen molar-refractivity contribution in [3.05, 3.63) is 0 Å². The van der Waals surface area contributed by atoms with Crippen molar-refractivity contribution < 1.29 is 22.7 Å². The lowest BCUT2D eigenvalue weighted by Crippen LogP contribution is -2.42. The van der Waals surface area contributed by atoms with Crippen LogP contribution in [0.2, 0.25) is 0 Å². The topological polar surface area (TPSA) is 29.5 Å². The molecule has 3 nitrogen and oxygen atoms in total. The van der Waals surface area contributed by atoms with Crippen LogP contribution in [0.4, 0.5) is 13.2 Å². The van der Waals surface area contributed by atoms with Gasteiger partial charge in [-0.1, -0.05) is 0 Å². The zero-order valence-electron chi connectivity index (χ0n) is 9.10. The third-order valence-electron chi connectivity index (χ3n) is 1.75. The second-order valence-corrected chi connectivity index (χ2v) is 3.42. The van der Waals surface area contributed by atoms with Gasteiger partial charge in [0, 0.05) is 6.04 Å². The summed E-state index contributed by atoms with van der Waals surface area (Å²) in [5, 5.41) is 0. The van der Waals surface area contributed by atoms with E-state index in [1.807, 2.05) is 0 Å². The molecule has 0 amide bonds. The Labute approximate surface area is 87.2 Å². The Morgan fingerprint density at radius 2 is 1.93 bits per heavy atom. The van der Waals surface area contributed by atoms with Gasteiger partial charge in [-0.15, -0.1) is 0 Å². The highest BCUT2D eigenvalue weighted by atomic mass is 19.4. The van der Waals surface area contributed by atoms with E-state index in [4.69, 9.17) is 0 Å². The van der Waals surface area contributed by atoms with Crippen molar-refractivity contribution in [1.29, 1.82) is 0 Å². The van der Waals surface area contributed by atoms with Gasteiger partial charge in [-0.25, -0.2) is 0 Å². The summed E-state index contributed by atoms with van der Waals surface area (Å²) >= 11 is 0. The van der Waals surface area contributed by atoms with Crippen LogP contribution in [0.25, 0.3) is 0 Å². The first-order chi connectivity index (χ1) is 6.76. The molecule has 0 aliphatic carbocycles. The molecule has 0 unspecified atom stereocenters. The number of hydrogen-bond acceptors (Lipinski definition) is 3. The van der Waals surface area contributed by atoms with Gasteiger partial charge in [-0.3, -0.25) is 9.69 Å². The normalized spacial score (nSPS) is 12.3. The van der Waals surface area contributed by atoms with Gasteiger partial charge < -0.3 is 4.74 Å². The van der Waals surface area contributed by atoms with Gasteiger partial charge in [-0.2, -0.15) is 13.2 Å². The van der Waals surface area contributed by atoms with Crippen LogP contribution in [0.15, 0.2) is 0 Å². The summed E-state index contributed by atoms with van der Waals surface area (Å²) in [6, 6.07) is -0.351. The third kappa shape index (κ3) is 7.18. The van der Waals surface area contributed by atoms with E-state index in [9.17, 15) is 18.0 Å². The lowest BCUT2D eigenvalue weighted by atomic mass is 10.3. The highest BCUT2D eigenvalue weighted by Crippen LogP contribution is 2.17. The lowest BCUT2D eigenvalue weighted by molar-refractivity contribution is -0.159. The first kappa shape index (κ1) is 14.2. The molecule has 0 aromatic rings. The predicted octanol–water partition coefficient (Wildman–Crippen LogP) is 1.82. The van der Waals surface area contributed by atoms with Crippen LogP contribution in [0.3, 0.4) is 0 Å². The summed E-state index contributed by atoms with van der Waals surface area (Å²) in [5.74, 6) is -0.629. The van der Waals surface area contributed by atoms with E-state index in [0.29, 0.717) is 0 Å². The van der Waals surface area contributed by atoms with Gasteiger partial charge in [-0.05, 0) is 20.8 Å². The van der Waals surface area contributed by atoms with Gasteiger partial charge in [0.05, 0.1) is 19.7 Å². The number of carbonyl (C=O) groups excluding carboxylic acids is 1. The van der Waals surface area contributed by atoms with E-state index < -0.39 is 18.7 Å². The van der Waals surface area contributed by atoms with Crippen LogP contribution >= 0.6 is 0 Å². The molecule has 0 bridgehead atoms. The van der Waals surface area contributed by atoms with E-state index in [0.717, 1.165) is 4.90 Å². The monoisotopic (exact) mass is 227 g/mol. The first-order valence-corrected chi connectivity index (χ1v) is 4.72. The van der Waals surface area contributed by atoms with E-state index in [1.54, 1.807) is 20.8 Å². The summed E-state index contributed by atoms with van der Waals surface area (Å²) in [5.41, 5.74) is 0. The standard InChI is InChI=1S/C9H16F3NO2/c1-4-15-8(14)5-13(7(2)3)6-9(10,11)12/h7H,4-6H2,1-3H3. The number of alkyl halides is 3. The average Bonchev–Trinajstić information content (AvgIpc) is 2.00. The molecule has 0 fully saturated rings. The minimum atomic E-state index is -4.29. The van der Waals surface area contributed by atoms with Crippen molar-refractivity contribution in [2.45, 2.75) is 33.0 Å². The smallest absolute Gasteiger partial charge is 0.401 e. The fraction of sp³-hybridized carbons (Fsp3) is 0.889. The molecule has 0 aromatic heterocycles. The maximum absolute atomic E-state index is 12.1. The fourth-order valence-electron chi connectivity index (χ4n) is 1.02. The molecule has 0 radical (unpaired) electrons. The summed E-state index contributed by atoms with van der Waals surface area (Å²) in [4.78, 5) is 12.0. The molecule has 0 spiro atoms. The van der Waals surface area contributed by atoms with E-state index in [2.05, 4.69) is 4.74 Å². The molecule has 6 heteroatoms. The zero-order valence-corrected chi connectivity index (χ0v) is 9.10. The fourth-order valence-corrected chi connectivity index (χ4v) is 1.02. The van der Waals surface area contributed by atoms with Crippen molar-refractivity contribution in [2.24, 2.45) is 0 Å². The van der Waals surface area contributed by atoms with Crippen LogP contribution in [-0.2, 0) is 9.53 Å². The summed E-state index contributed by atoms with van der Waals surface area (Å²) in [6.07, 6.45) is -4.29. The molecule has 0 saturated carbocycles. The van der Waals surface area contributed by atoms with Gasteiger partial charge >= 0.3 is 12.1 Å². The molecule has 0 aromatic carbocycles. The molecule has 0 N–H and O–H groups in total. The van der Waals surface area contributed by atoms with Crippen molar-refractivity contribution in [1.82, 2.24) is 4.90 Å². The van der Waals surface area contributed by atoms with Crippen molar-refractivity contribution in [2.75, 3.05) is 19.7 Å². The second-order valence-electron chi connectivity index (χ2n) is 3.42. The maximum atomic E-state index is 12.1. The summed E-state index contributed by atoms with van der Waals surface area (Å²) in [7, 11) is 0. The molecule has 0 saturated heterocycles. The van der Waals surface area contributed by atoms with Crippen LogP contribution in [-0.4, -0.2) is 42.8 Å². The Bertz CT molecular complexity index is 204. The maximum Gasteiger partial charge on any atom is 0.401 e. The molecule has 0 heterocycles. The molecule has 0 aliphatic heterocycles. The number of carbonyl (C=O) groups is 1. The molecule has 15 heavy (non-hydrogen) atoms. The Hall–Kier alpha value is -0.780. The van der Waals surface area contributed by atoms with Crippen LogP contribution in [0.1, 0.15) is 20.8 Å². The molecular weight excluding hydrogens is 211 g/mol. The Morgan fingerprint density at radius 3 is 2.27 bits per heavy atom. The second kappa shape index (κ2) is 5.95. The van der Waals surface area contributed by atoms with Gasteiger partial charge in [0.1, 0.15) is 0 Å². The zero-order chi connectivity index (χ0) is 12.1. The van der Waals surface area contributed by atoms with Crippen LogP contribution in [0.5, 0.6) is 0 Å². The van der Waals surface area contributed by atoms with Crippen molar-refractivity contribution in [3.8, 4) is 0 Å². The Balaban J connectivity index is 4.23. The van der Waals surface area contributed by atoms with Crippen molar-refractivity contribution in [3.63, 3.8) is 0 Å². The van der Waals surface area contributed by atoms with Gasteiger partial charge in [0.25, 0.3) is 0 Å².